The van der Waals surface area contributed by atoms with E-state index in [2.05, 4.69) is 31.1 Å². The molecule has 3 heteroatoms. The van der Waals surface area contributed by atoms with Gasteiger partial charge < -0.3 is 5.32 Å². The number of aromatic nitrogens is 1. The number of aryl methyl sites for hydroxylation is 1. The lowest BCUT2D eigenvalue weighted by molar-refractivity contribution is 0.422. The minimum Gasteiger partial charge on any atom is -0.312 e. The molecule has 0 amide bonds. The first-order chi connectivity index (χ1) is 6.08. The highest BCUT2D eigenvalue weighted by Crippen LogP contribution is 2.06. The van der Waals surface area contributed by atoms with Crippen molar-refractivity contribution in [2.75, 3.05) is 6.54 Å². The van der Waals surface area contributed by atoms with Crippen LogP contribution < -0.4 is 5.32 Å². The van der Waals surface area contributed by atoms with Crippen LogP contribution >= 0.6 is 11.3 Å². The Bertz CT molecular complexity index is 224. The molecule has 0 spiro atoms. The van der Waals surface area contributed by atoms with Crippen LogP contribution in [-0.2, 0) is 6.42 Å². The molecule has 2 nitrogen and oxygen atoms in total. The molecule has 0 aromatic carbocycles. The van der Waals surface area contributed by atoms with Gasteiger partial charge in [-0.25, -0.2) is 4.98 Å². The molecular weight excluding hydrogens is 180 g/mol. The predicted octanol–water partition coefficient (Wildman–Crippen LogP) is 2.46. The standard InChI is InChI=1S/C10H18N2S/c1-10(2,3)12-6-4-5-9-11-7-8-13-9/h7-8,12H,4-6H2,1-3H3. The van der Waals surface area contributed by atoms with Gasteiger partial charge in [0.1, 0.15) is 0 Å². The smallest absolute Gasteiger partial charge is 0.0925 e. The summed E-state index contributed by atoms with van der Waals surface area (Å²) in [6.07, 6.45) is 4.14. The molecule has 0 aliphatic heterocycles. The fourth-order valence-electron chi connectivity index (χ4n) is 1.08. The molecule has 13 heavy (non-hydrogen) atoms. The third-order valence-electron chi connectivity index (χ3n) is 1.71. The molecule has 0 saturated heterocycles. The second kappa shape index (κ2) is 4.72. The van der Waals surface area contributed by atoms with Crippen LogP contribution in [0.5, 0.6) is 0 Å². The Morgan fingerprint density at radius 1 is 1.46 bits per heavy atom. The van der Waals surface area contributed by atoms with Gasteiger partial charge in [0.25, 0.3) is 0 Å². The molecule has 0 radical (unpaired) electrons. The highest BCUT2D eigenvalue weighted by molar-refractivity contribution is 7.09. The third kappa shape index (κ3) is 5.01. The topological polar surface area (TPSA) is 24.9 Å². The van der Waals surface area contributed by atoms with E-state index in [-0.39, 0.29) is 5.54 Å². The second-order valence-corrected chi connectivity index (χ2v) is 5.19. The van der Waals surface area contributed by atoms with Crippen LogP contribution in [0.15, 0.2) is 11.6 Å². The minimum absolute atomic E-state index is 0.239. The van der Waals surface area contributed by atoms with E-state index in [4.69, 9.17) is 0 Å². The molecule has 74 valence electrons. The van der Waals surface area contributed by atoms with Gasteiger partial charge in [0.15, 0.2) is 0 Å². The number of nitrogens with one attached hydrogen (secondary N) is 1. The fourth-order valence-corrected chi connectivity index (χ4v) is 1.74. The van der Waals surface area contributed by atoms with Crippen molar-refractivity contribution in [3.8, 4) is 0 Å². The highest BCUT2D eigenvalue weighted by Gasteiger charge is 2.07. The monoisotopic (exact) mass is 198 g/mol. The summed E-state index contributed by atoms with van der Waals surface area (Å²) in [6, 6.07) is 0. The van der Waals surface area contributed by atoms with Gasteiger partial charge in [0, 0.05) is 23.5 Å². The summed E-state index contributed by atoms with van der Waals surface area (Å²) in [5.41, 5.74) is 0.239. The lowest BCUT2D eigenvalue weighted by atomic mass is 10.1. The Labute approximate surface area is 84.4 Å². The maximum Gasteiger partial charge on any atom is 0.0925 e. The molecule has 0 unspecified atom stereocenters. The average molecular weight is 198 g/mol. The van der Waals surface area contributed by atoms with Crippen molar-refractivity contribution >= 4 is 11.3 Å². The number of thiazole rings is 1. The van der Waals surface area contributed by atoms with Crippen molar-refractivity contribution in [3.63, 3.8) is 0 Å². The van der Waals surface area contributed by atoms with Gasteiger partial charge in [-0.1, -0.05) is 0 Å². The van der Waals surface area contributed by atoms with Crippen LogP contribution in [0.4, 0.5) is 0 Å². The van der Waals surface area contributed by atoms with Crippen LogP contribution in [0.25, 0.3) is 0 Å². The number of hydrogen-bond acceptors (Lipinski definition) is 3. The van der Waals surface area contributed by atoms with Gasteiger partial charge in [-0.05, 0) is 33.7 Å². The van der Waals surface area contributed by atoms with Gasteiger partial charge in [-0.2, -0.15) is 0 Å². The lowest BCUT2D eigenvalue weighted by Gasteiger charge is -2.20. The van der Waals surface area contributed by atoms with E-state index in [0.29, 0.717) is 0 Å². The number of hydrogen-bond donors (Lipinski definition) is 1. The van der Waals surface area contributed by atoms with Gasteiger partial charge in [0.2, 0.25) is 0 Å². The Morgan fingerprint density at radius 3 is 2.77 bits per heavy atom. The molecule has 0 bridgehead atoms. The summed E-state index contributed by atoms with van der Waals surface area (Å²) in [7, 11) is 0. The first kappa shape index (κ1) is 10.7. The van der Waals surface area contributed by atoms with Crippen LogP contribution in [-0.4, -0.2) is 17.1 Å². The van der Waals surface area contributed by atoms with E-state index in [1.807, 2.05) is 11.6 Å². The second-order valence-electron chi connectivity index (χ2n) is 4.21. The summed E-state index contributed by atoms with van der Waals surface area (Å²) in [4.78, 5) is 4.24. The van der Waals surface area contributed by atoms with Gasteiger partial charge >= 0.3 is 0 Å². The Balaban J connectivity index is 2.09. The van der Waals surface area contributed by atoms with E-state index in [1.165, 1.54) is 11.4 Å². The summed E-state index contributed by atoms with van der Waals surface area (Å²) in [5.74, 6) is 0. The summed E-state index contributed by atoms with van der Waals surface area (Å²) >= 11 is 1.74. The van der Waals surface area contributed by atoms with E-state index in [0.717, 1.165) is 13.0 Å². The Morgan fingerprint density at radius 2 is 2.23 bits per heavy atom. The van der Waals surface area contributed by atoms with Gasteiger partial charge in [-0.3, -0.25) is 0 Å². The summed E-state index contributed by atoms with van der Waals surface area (Å²) < 4.78 is 0. The normalized spacial score (nSPS) is 11.9. The molecule has 1 aromatic rings. The molecular formula is C10H18N2S. The first-order valence-electron chi connectivity index (χ1n) is 4.71. The van der Waals surface area contributed by atoms with Gasteiger partial charge in [0.05, 0.1) is 5.01 Å². The zero-order chi connectivity index (χ0) is 9.73. The Kier molecular flexibility index (Phi) is 3.88. The van der Waals surface area contributed by atoms with Crippen molar-refractivity contribution in [2.24, 2.45) is 0 Å². The molecule has 0 fully saturated rings. The molecule has 1 rings (SSSR count). The largest absolute Gasteiger partial charge is 0.312 e. The van der Waals surface area contributed by atoms with Crippen LogP contribution in [0, 0.1) is 0 Å². The quantitative estimate of drug-likeness (QED) is 0.752. The highest BCUT2D eigenvalue weighted by atomic mass is 32.1. The molecule has 0 aliphatic rings. The van der Waals surface area contributed by atoms with Crippen molar-refractivity contribution in [2.45, 2.75) is 39.2 Å². The van der Waals surface area contributed by atoms with Crippen molar-refractivity contribution in [3.05, 3.63) is 16.6 Å². The van der Waals surface area contributed by atoms with E-state index in [9.17, 15) is 0 Å². The van der Waals surface area contributed by atoms with Crippen molar-refractivity contribution < 1.29 is 0 Å². The molecule has 0 atom stereocenters. The maximum atomic E-state index is 4.24. The zero-order valence-corrected chi connectivity index (χ0v) is 9.45. The number of nitrogens with zero attached hydrogens (tertiary/aromatic N) is 1. The summed E-state index contributed by atoms with van der Waals surface area (Å²) in [5, 5.41) is 6.74. The molecule has 1 N–H and O–H groups in total. The first-order valence-corrected chi connectivity index (χ1v) is 5.59. The lowest BCUT2D eigenvalue weighted by Crippen LogP contribution is -2.36. The SMILES string of the molecule is CC(C)(C)NCCCc1nccs1. The van der Waals surface area contributed by atoms with E-state index in [1.54, 1.807) is 11.3 Å². The molecule has 1 heterocycles. The fraction of sp³-hybridized carbons (Fsp3) is 0.700. The van der Waals surface area contributed by atoms with Gasteiger partial charge in [-0.15, -0.1) is 11.3 Å². The van der Waals surface area contributed by atoms with Crippen LogP contribution in [0.2, 0.25) is 0 Å². The summed E-state index contributed by atoms with van der Waals surface area (Å²) in [6.45, 7) is 7.65. The molecule has 0 saturated carbocycles. The maximum absolute atomic E-state index is 4.24. The average Bonchev–Trinajstić information content (AvgIpc) is 2.48. The van der Waals surface area contributed by atoms with Crippen LogP contribution in [0.3, 0.4) is 0 Å². The minimum atomic E-state index is 0.239. The van der Waals surface area contributed by atoms with Crippen molar-refractivity contribution in [1.29, 1.82) is 0 Å². The zero-order valence-electron chi connectivity index (χ0n) is 8.63. The van der Waals surface area contributed by atoms with E-state index >= 15 is 0 Å². The predicted molar refractivity (Wildman–Crippen MR) is 58.2 cm³/mol. The Hall–Kier alpha value is -0.410. The number of rotatable bonds is 4. The van der Waals surface area contributed by atoms with Crippen molar-refractivity contribution in [1.82, 2.24) is 10.3 Å². The molecule has 1 aromatic heterocycles. The molecule has 0 aliphatic carbocycles. The van der Waals surface area contributed by atoms with Crippen LogP contribution in [0.1, 0.15) is 32.2 Å². The third-order valence-corrected chi connectivity index (χ3v) is 2.55. The van der Waals surface area contributed by atoms with E-state index < -0.39 is 0 Å².